The Kier molecular flexibility index (Phi) is 4.22. The van der Waals surface area contributed by atoms with Crippen LogP contribution in [-0.4, -0.2) is 18.6 Å². The molecule has 0 aliphatic heterocycles. The number of nitrogens with one attached hydrogen (secondary N) is 2. The highest BCUT2D eigenvalue weighted by molar-refractivity contribution is 7.92. The number of anilines is 3. The Balaban J connectivity index is 1.77. The summed E-state index contributed by atoms with van der Waals surface area (Å²) in [7, 11) is -3.79. The van der Waals surface area contributed by atoms with Crippen LogP contribution in [0, 0.1) is 13.8 Å². The van der Waals surface area contributed by atoms with E-state index in [2.05, 4.69) is 20.2 Å². The summed E-state index contributed by atoms with van der Waals surface area (Å²) >= 11 is 0. The average Bonchev–Trinajstić information content (AvgIpc) is 2.90. The summed E-state index contributed by atoms with van der Waals surface area (Å²) in [5, 5.41) is 6.84. The Bertz CT molecular complexity index is 916. The van der Waals surface area contributed by atoms with Crippen LogP contribution in [0.2, 0.25) is 0 Å². The van der Waals surface area contributed by atoms with E-state index in [-0.39, 0.29) is 16.5 Å². The van der Waals surface area contributed by atoms with Crippen molar-refractivity contribution in [2.24, 2.45) is 0 Å². The molecular weight excluding hydrogens is 328 g/mol. The number of aromatic nitrogens is 2. The first kappa shape index (κ1) is 16.0. The number of hydrogen-bond donors (Lipinski definition) is 2. The van der Waals surface area contributed by atoms with Gasteiger partial charge in [-0.05, 0) is 38.1 Å². The predicted octanol–water partition coefficient (Wildman–Crippen LogP) is 3.23. The van der Waals surface area contributed by atoms with Gasteiger partial charge in [0.15, 0.2) is 10.7 Å². The number of pyridine rings is 1. The lowest BCUT2D eigenvalue weighted by atomic mass is 10.3. The van der Waals surface area contributed by atoms with Crippen molar-refractivity contribution in [3.63, 3.8) is 0 Å². The van der Waals surface area contributed by atoms with Crippen LogP contribution in [0.1, 0.15) is 11.5 Å². The second kappa shape index (κ2) is 6.32. The Labute approximate surface area is 139 Å². The minimum absolute atomic E-state index is 0.0378. The molecular formula is C16H16N4O3S. The van der Waals surface area contributed by atoms with Crippen LogP contribution in [0.4, 0.5) is 17.2 Å². The van der Waals surface area contributed by atoms with Crippen molar-refractivity contribution in [2.45, 2.75) is 18.7 Å². The number of benzene rings is 1. The van der Waals surface area contributed by atoms with Gasteiger partial charge in [-0.25, -0.2) is 13.4 Å². The van der Waals surface area contributed by atoms with Crippen LogP contribution in [0.5, 0.6) is 0 Å². The molecule has 0 amide bonds. The number of nitrogens with zero attached hydrogens (tertiary/aromatic N) is 2. The van der Waals surface area contributed by atoms with Crippen molar-refractivity contribution in [1.82, 2.24) is 10.1 Å². The van der Waals surface area contributed by atoms with Gasteiger partial charge in [0.1, 0.15) is 11.5 Å². The van der Waals surface area contributed by atoms with Crippen molar-refractivity contribution >= 4 is 27.2 Å². The molecule has 8 heteroatoms. The molecule has 1 aromatic carbocycles. The summed E-state index contributed by atoms with van der Waals surface area (Å²) in [6, 6.07) is 12.9. The predicted molar refractivity (Wildman–Crippen MR) is 90.7 cm³/mol. The maximum Gasteiger partial charge on any atom is 0.268 e. The molecule has 0 saturated heterocycles. The van der Waals surface area contributed by atoms with E-state index in [0.29, 0.717) is 5.69 Å². The van der Waals surface area contributed by atoms with Crippen LogP contribution in [0.25, 0.3) is 0 Å². The maximum atomic E-state index is 12.4. The van der Waals surface area contributed by atoms with Gasteiger partial charge in [0.05, 0.1) is 11.9 Å². The summed E-state index contributed by atoms with van der Waals surface area (Å²) in [6.45, 7) is 3.13. The molecule has 24 heavy (non-hydrogen) atoms. The largest absolute Gasteiger partial charge is 0.360 e. The molecule has 7 nitrogen and oxygen atoms in total. The minimum Gasteiger partial charge on any atom is -0.360 e. The van der Waals surface area contributed by atoms with E-state index in [0.717, 1.165) is 11.4 Å². The molecule has 0 unspecified atom stereocenters. The highest BCUT2D eigenvalue weighted by Gasteiger charge is 2.24. The van der Waals surface area contributed by atoms with Crippen molar-refractivity contribution in [2.75, 3.05) is 10.0 Å². The van der Waals surface area contributed by atoms with Crippen LogP contribution in [-0.2, 0) is 10.0 Å². The van der Waals surface area contributed by atoms with Gasteiger partial charge >= 0.3 is 0 Å². The SMILES string of the molecule is Cc1noc(C)c1S(=O)(=O)Nc1ccc(Nc2ccccc2)cn1. The van der Waals surface area contributed by atoms with Gasteiger partial charge in [0.2, 0.25) is 0 Å². The molecule has 0 radical (unpaired) electrons. The molecule has 0 aliphatic carbocycles. The molecule has 0 aliphatic rings. The summed E-state index contributed by atoms with van der Waals surface area (Å²) in [5.74, 6) is 0.455. The quantitative estimate of drug-likeness (QED) is 0.737. The smallest absolute Gasteiger partial charge is 0.268 e. The van der Waals surface area contributed by atoms with E-state index in [1.807, 2.05) is 30.3 Å². The molecule has 0 bridgehead atoms. The lowest BCUT2D eigenvalue weighted by Crippen LogP contribution is -2.15. The van der Waals surface area contributed by atoms with Crippen molar-refractivity contribution in [3.8, 4) is 0 Å². The van der Waals surface area contributed by atoms with E-state index in [9.17, 15) is 8.42 Å². The highest BCUT2D eigenvalue weighted by Crippen LogP contribution is 2.22. The molecule has 2 N–H and O–H groups in total. The van der Waals surface area contributed by atoms with Gasteiger partial charge in [-0.2, -0.15) is 0 Å². The molecule has 2 heterocycles. The molecule has 3 rings (SSSR count). The summed E-state index contributed by atoms with van der Waals surface area (Å²) in [4.78, 5) is 4.16. The van der Waals surface area contributed by atoms with Gasteiger partial charge in [0.25, 0.3) is 10.0 Å². The van der Waals surface area contributed by atoms with Gasteiger partial charge in [-0.15, -0.1) is 0 Å². The first-order valence-electron chi connectivity index (χ1n) is 7.19. The third-order valence-corrected chi connectivity index (χ3v) is 4.90. The number of aryl methyl sites for hydroxylation is 2. The molecule has 0 fully saturated rings. The fourth-order valence-electron chi connectivity index (χ4n) is 2.26. The zero-order valence-electron chi connectivity index (χ0n) is 13.1. The van der Waals surface area contributed by atoms with E-state index < -0.39 is 10.0 Å². The molecule has 124 valence electrons. The van der Waals surface area contributed by atoms with Gasteiger partial charge in [0, 0.05) is 5.69 Å². The van der Waals surface area contributed by atoms with Crippen LogP contribution >= 0.6 is 0 Å². The molecule has 3 aromatic rings. The van der Waals surface area contributed by atoms with E-state index in [4.69, 9.17) is 4.52 Å². The van der Waals surface area contributed by atoms with E-state index in [1.165, 1.54) is 0 Å². The molecule has 0 atom stereocenters. The summed E-state index contributed by atoms with van der Waals surface area (Å²) in [5.41, 5.74) is 1.98. The van der Waals surface area contributed by atoms with Crippen LogP contribution < -0.4 is 10.0 Å². The van der Waals surface area contributed by atoms with Gasteiger partial charge < -0.3 is 9.84 Å². The number of hydrogen-bond acceptors (Lipinski definition) is 6. The lowest BCUT2D eigenvalue weighted by molar-refractivity contribution is 0.390. The lowest BCUT2D eigenvalue weighted by Gasteiger charge is -2.09. The van der Waals surface area contributed by atoms with Gasteiger partial charge in [-0.1, -0.05) is 23.4 Å². The third kappa shape index (κ3) is 3.38. The van der Waals surface area contributed by atoms with Crippen LogP contribution in [0.3, 0.4) is 0 Å². The van der Waals surface area contributed by atoms with Crippen molar-refractivity contribution in [3.05, 3.63) is 60.1 Å². The first-order valence-corrected chi connectivity index (χ1v) is 8.68. The maximum absolute atomic E-state index is 12.4. The third-order valence-electron chi connectivity index (χ3n) is 3.30. The van der Waals surface area contributed by atoms with E-state index >= 15 is 0 Å². The normalized spacial score (nSPS) is 11.2. The van der Waals surface area contributed by atoms with Crippen LogP contribution in [0.15, 0.2) is 58.1 Å². The standard InChI is InChI=1S/C16H16N4O3S/c1-11-16(12(2)23-19-11)24(21,22)20-15-9-8-14(10-17-15)18-13-6-4-3-5-7-13/h3-10,18H,1-2H3,(H,17,20). The first-order chi connectivity index (χ1) is 11.5. The Morgan fingerprint density at radius 1 is 1.00 bits per heavy atom. The number of rotatable bonds is 5. The zero-order valence-corrected chi connectivity index (χ0v) is 14.0. The second-order valence-electron chi connectivity index (χ2n) is 5.18. The monoisotopic (exact) mass is 344 g/mol. The highest BCUT2D eigenvalue weighted by atomic mass is 32.2. The molecule has 0 saturated carbocycles. The fraction of sp³-hybridized carbons (Fsp3) is 0.125. The molecule has 2 aromatic heterocycles. The Hall–Kier alpha value is -2.87. The number of para-hydroxylation sites is 1. The van der Waals surface area contributed by atoms with Gasteiger partial charge in [-0.3, -0.25) is 4.72 Å². The van der Waals surface area contributed by atoms with Crippen molar-refractivity contribution in [1.29, 1.82) is 0 Å². The second-order valence-corrected chi connectivity index (χ2v) is 6.80. The van der Waals surface area contributed by atoms with E-state index in [1.54, 1.807) is 32.2 Å². The Morgan fingerprint density at radius 3 is 2.33 bits per heavy atom. The topological polar surface area (TPSA) is 97.1 Å². The number of sulfonamides is 1. The Morgan fingerprint density at radius 2 is 1.75 bits per heavy atom. The average molecular weight is 344 g/mol. The van der Waals surface area contributed by atoms with Crippen molar-refractivity contribution < 1.29 is 12.9 Å². The fourth-order valence-corrected chi connectivity index (χ4v) is 3.60. The minimum atomic E-state index is -3.79. The zero-order chi connectivity index (χ0) is 17.2. The molecule has 0 spiro atoms. The summed E-state index contributed by atoms with van der Waals surface area (Å²) < 4.78 is 32.2. The summed E-state index contributed by atoms with van der Waals surface area (Å²) in [6.07, 6.45) is 1.55.